The number of amides is 2. The Hall–Kier alpha value is -4.08. The highest BCUT2D eigenvalue weighted by molar-refractivity contribution is 6.03. The van der Waals surface area contributed by atoms with E-state index in [9.17, 15) is 29.4 Å². The molecule has 2 aromatic rings. The van der Waals surface area contributed by atoms with E-state index in [0.29, 0.717) is 18.5 Å². The molecule has 0 saturated heterocycles. The average Bonchev–Trinajstić information content (AvgIpc) is 2.94. The van der Waals surface area contributed by atoms with E-state index in [0.717, 1.165) is 57.8 Å². The van der Waals surface area contributed by atoms with Gasteiger partial charge in [-0.15, -0.1) is 0 Å². The number of nitrogens with one attached hydrogen (secondary N) is 2. The van der Waals surface area contributed by atoms with E-state index in [2.05, 4.69) is 24.5 Å². The van der Waals surface area contributed by atoms with Crippen LogP contribution in [0, 0.1) is 0 Å². The lowest BCUT2D eigenvalue weighted by molar-refractivity contribution is -0.116. The number of esters is 1. The second-order valence-electron chi connectivity index (χ2n) is 10.2. The van der Waals surface area contributed by atoms with Gasteiger partial charge in [0.05, 0.1) is 12.3 Å². The second-order valence-corrected chi connectivity index (χ2v) is 10.2. The van der Waals surface area contributed by atoms with Gasteiger partial charge in [0.25, 0.3) is 0 Å². The van der Waals surface area contributed by atoms with E-state index >= 15 is 0 Å². The number of phenolic OH excluding ortho intramolecular Hbond substituents is 1. The number of hydrogen-bond donors (Lipinski definition) is 4. The molecule has 0 aliphatic heterocycles. The summed E-state index contributed by atoms with van der Waals surface area (Å²) in [7, 11) is 0. The number of carboxylic acids is 1. The molecule has 0 saturated carbocycles. The molecular weight excluding hydrogens is 540 g/mol. The maximum Gasteiger partial charge on any atom is 0.411 e. The fourth-order valence-corrected chi connectivity index (χ4v) is 4.36. The van der Waals surface area contributed by atoms with Gasteiger partial charge in [-0.1, -0.05) is 84.1 Å². The van der Waals surface area contributed by atoms with Crippen LogP contribution < -0.4 is 15.4 Å². The van der Waals surface area contributed by atoms with E-state index in [1.807, 2.05) is 0 Å². The topological polar surface area (TPSA) is 151 Å². The molecule has 0 aliphatic rings. The normalized spacial score (nSPS) is 10.6. The molecule has 2 aromatic carbocycles. The minimum Gasteiger partial charge on any atom is -0.507 e. The lowest BCUT2D eigenvalue weighted by atomic mass is 10.1. The molecular formula is C32H44N2O8. The Kier molecular flexibility index (Phi) is 15.5. The van der Waals surface area contributed by atoms with E-state index in [-0.39, 0.29) is 29.5 Å². The molecule has 10 nitrogen and oxygen atoms in total. The van der Waals surface area contributed by atoms with Gasteiger partial charge < -0.3 is 25.0 Å². The van der Waals surface area contributed by atoms with Crippen molar-refractivity contribution in [1.82, 2.24) is 0 Å². The standard InChI is InChI=1S/C32H44N2O8/c1-3-5-7-9-11-13-18-28(36)33-23-19-20-24(26(35)22-23)31(39)42-27-17-15-16-25(29(27)30(37)38)34-32(40)41-21-14-12-10-8-6-4-2/h15-17,19-20,22,35H,3-14,18,21H2,1-2H3,(H,33,36)(H,34,40)(H,37,38). The number of rotatable bonds is 19. The molecule has 0 bridgehead atoms. The van der Waals surface area contributed by atoms with Gasteiger partial charge in [-0.2, -0.15) is 0 Å². The molecule has 230 valence electrons. The molecule has 0 atom stereocenters. The zero-order chi connectivity index (χ0) is 30.7. The maximum atomic E-state index is 12.8. The Morgan fingerprint density at radius 1 is 0.786 bits per heavy atom. The predicted molar refractivity (Wildman–Crippen MR) is 161 cm³/mol. The van der Waals surface area contributed by atoms with Gasteiger partial charge in [-0.25, -0.2) is 14.4 Å². The molecule has 42 heavy (non-hydrogen) atoms. The summed E-state index contributed by atoms with van der Waals surface area (Å²) < 4.78 is 10.5. The predicted octanol–water partition coefficient (Wildman–Crippen LogP) is 7.91. The number of anilines is 2. The molecule has 2 amide bonds. The smallest absolute Gasteiger partial charge is 0.411 e. The second kappa shape index (κ2) is 19.1. The van der Waals surface area contributed by atoms with Crippen molar-refractivity contribution in [3.8, 4) is 11.5 Å². The third-order valence-corrected chi connectivity index (χ3v) is 6.67. The SMILES string of the molecule is CCCCCCCCOC(=O)Nc1cccc(OC(=O)c2ccc(NC(=O)CCCCCCCC)cc2O)c1C(=O)O. The third kappa shape index (κ3) is 12.2. The highest BCUT2D eigenvalue weighted by Crippen LogP contribution is 2.30. The summed E-state index contributed by atoms with van der Waals surface area (Å²) >= 11 is 0. The average molecular weight is 585 g/mol. The Morgan fingerprint density at radius 2 is 1.43 bits per heavy atom. The molecule has 0 aliphatic carbocycles. The molecule has 0 unspecified atom stereocenters. The quantitative estimate of drug-likeness (QED) is 0.0738. The van der Waals surface area contributed by atoms with Gasteiger partial charge in [0.15, 0.2) is 0 Å². The number of ether oxygens (including phenoxy) is 2. The van der Waals surface area contributed by atoms with Gasteiger partial charge in [0.2, 0.25) is 5.91 Å². The van der Waals surface area contributed by atoms with Gasteiger partial charge >= 0.3 is 18.0 Å². The van der Waals surface area contributed by atoms with Crippen molar-refractivity contribution in [2.45, 2.75) is 97.3 Å². The number of carbonyl (C=O) groups excluding carboxylic acids is 3. The highest BCUT2D eigenvalue weighted by atomic mass is 16.5. The molecule has 0 radical (unpaired) electrons. The first kappa shape index (κ1) is 34.1. The van der Waals surface area contributed by atoms with Crippen LogP contribution in [0.15, 0.2) is 36.4 Å². The Labute approximate surface area is 247 Å². The molecule has 0 spiro atoms. The van der Waals surface area contributed by atoms with E-state index in [4.69, 9.17) is 9.47 Å². The number of aromatic hydroxyl groups is 1. The first-order chi connectivity index (χ1) is 20.3. The van der Waals surface area contributed by atoms with Crippen molar-refractivity contribution in [3.05, 3.63) is 47.5 Å². The number of phenols is 1. The van der Waals surface area contributed by atoms with Crippen LogP contribution in [0.2, 0.25) is 0 Å². The summed E-state index contributed by atoms with van der Waals surface area (Å²) in [5.41, 5.74) is -0.456. The van der Waals surface area contributed by atoms with Crippen LogP contribution in [0.4, 0.5) is 16.2 Å². The summed E-state index contributed by atoms with van der Waals surface area (Å²) in [5, 5.41) is 25.3. The van der Waals surface area contributed by atoms with Crippen LogP contribution in [-0.4, -0.2) is 40.8 Å². The Bertz CT molecular complexity index is 1180. The van der Waals surface area contributed by atoms with Gasteiger partial charge in [0.1, 0.15) is 22.6 Å². The van der Waals surface area contributed by atoms with Gasteiger partial charge in [-0.3, -0.25) is 10.1 Å². The van der Waals surface area contributed by atoms with Crippen molar-refractivity contribution < 1.29 is 38.9 Å². The number of carbonyl (C=O) groups is 4. The van der Waals surface area contributed by atoms with Crippen LogP contribution in [0.3, 0.4) is 0 Å². The van der Waals surface area contributed by atoms with Gasteiger partial charge in [0, 0.05) is 18.2 Å². The number of carboxylic acid groups (broad SMARTS) is 1. The molecule has 0 fully saturated rings. The summed E-state index contributed by atoms with van der Waals surface area (Å²) in [6.07, 6.45) is 12.0. The van der Waals surface area contributed by atoms with Crippen molar-refractivity contribution in [2.24, 2.45) is 0 Å². The van der Waals surface area contributed by atoms with Gasteiger partial charge in [-0.05, 0) is 37.1 Å². The monoisotopic (exact) mass is 584 g/mol. The van der Waals surface area contributed by atoms with Crippen LogP contribution in [0.1, 0.15) is 118 Å². The summed E-state index contributed by atoms with van der Waals surface area (Å²) in [6.45, 7) is 4.48. The maximum absolute atomic E-state index is 12.8. The Morgan fingerprint density at radius 3 is 2.07 bits per heavy atom. The minimum atomic E-state index is -1.43. The minimum absolute atomic E-state index is 0.103. The van der Waals surface area contributed by atoms with Crippen LogP contribution in [0.5, 0.6) is 11.5 Å². The number of unbranched alkanes of at least 4 members (excludes halogenated alkanes) is 10. The van der Waals surface area contributed by atoms with E-state index in [1.54, 1.807) is 0 Å². The van der Waals surface area contributed by atoms with Crippen molar-refractivity contribution in [3.63, 3.8) is 0 Å². The Balaban J connectivity index is 1.96. The largest absolute Gasteiger partial charge is 0.507 e. The lowest BCUT2D eigenvalue weighted by Crippen LogP contribution is -2.18. The van der Waals surface area contributed by atoms with E-state index < -0.39 is 29.3 Å². The number of hydrogen-bond acceptors (Lipinski definition) is 7. The zero-order valence-corrected chi connectivity index (χ0v) is 24.7. The first-order valence-electron chi connectivity index (χ1n) is 14.9. The van der Waals surface area contributed by atoms with Crippen LogP contribution in [0.25, 0.3) is 0 Å². The van der Waals surface area contributed by atoms with E-state index in [1.165, 1.54) is 49.2 Å². The van der Waals surface area contributed by atoms with Crippen molar-refractivity contribution in [1.29, 1.82) is 0 Å². The van der Waals surface area contributed by atoms with Crippen molar-refractivity contribution in [2.75, 3.05) is 17.2 Å². The number of benzene rings is 2. The summed E-state index contributed by atoms with van der Waals surface area (Å²) in [5.74, 6) is -3.40. The molecule has 0 heterocycles. The highest BCUT2D eigenvalue weighted by Gasteiger charge is 2.23. The zero-order valence-electron chi connectivity index (χ0n) is 24.7. The molecule has 2 rings (SSSR count). The summed E-state index contributed by atoms with van der Waals surface area (Å²) in [6, 6.07) is 7.99. The fourth-order valence-electron chi connectivity index (χ4n) is 4.36. The third-order valence-electron chi connectivity index (χ3n) is 6.67. The lowest BCUT2D eigenvalue weighted by Gasteiger charge is -2.14. The fraction of sp³-hybridized carbons (Fsp3) is 0.500. The first-order valence-corrected chi connectivity index (χ1v) is 14.9. The van der Waals surface area contributed by atoms with Crippen LogP contribution in [-0.2, 0) is 9.53 Å². The summed E-state index contributed by atoms with van der Waals surface area (Å²) in [4.78, 5) is 49.3. The molecule has 0 aromatic heterocycles. The number of aromatic carboxylic acids is 1. The molecule has 4 N–H and O–H groups in total. The molecule has 10 heteroatoms. The van der Waals surface area contributed by atoms with Crippen molar-refractivity contribution >= 4 is 35.3 Å². The van der Waals surface area contributed by atoms with Crippen LogP contribution >= 0.6 is 0 Å².